The Hall–Kier alpha value is -1.38. The first-order valence-electron chi connectivity index (χ1n) is 6.27. The van der Waals surface area contributed by atoms with Gasteiger partial charge in [0.25, 0.3) is 0 Å². The number of benzene rings is 2. The summed E-state index contributed by atoms with van der Waals surface area (Å²) >= 11 is 5.81. The predicted octanol–water partition coefficient (Wildman–Crippen LogP) is 4.71. The van der Waals surface area contributed by atoms with Gasteiger partial charge < -0.3 is 4.74 Å². The van der Waals surface area contributed by atoms with E-state index in [1.54, 1.807) is 18.2 Å². The van der Waals surface area contributed by atoms with Crippen LogP contribution < -0.4 is 0 Å². The quantitative estimate of drug-likeness (QED) is 0.695. The highest BCUT2D eigenvalue weighted by Gasteiger charge is 2.12. The first-order valence-corrected chi connectivity index (χ1v) is 6.80. The highest BCUT2D eigenvalue weighted by Crippen LogP contribution is 2.23. The lowest BCUT2D eigenvalue weighted by atomic mass is 10.1. The maximum Gasteiger partial charge on any atom is 0.128 e. The van der Waals surface area contributed by atoms with Crippen LogP contribution in [0.5, 0.6) is 0 Å². The number of alkyl halides is 1. The molecular formula is C16H16ClFO. The summed E-state index contributed by atoms with van der Waals surface area (Å²) in [5.74, 6) is 0.275. The maximum atomic E-state index is 13.5. The van der Waals surface area contributed by atoms with Gasteiger partial charge in [-0.15, -0.1) is 11.6 Å². The molecular weight excluding hydrogens is 263 g/mol. The first-order chi connectivity index (χ1) is 9.31. The molecule has 0 bridgehead atoms. The normalized spacial score (nSPS) is 12.3. The average Bonchev–Trinajstić information content (AvgIpc) is 2.46. The summed E-state index contributed by atoms with van der Waals surface area (Å²) in [5, 5.41) is 0. The molecule has 0 N–H and O–H groups in total. The fraction of sp³-hybridized carbons (Fsp3) is 0.250. The largest absolute Gasteiger partial charge is 0.369 e. The predicted molar refractivity (Wildman–Crippen MR) is 75.7 cm³/mol. The maximum absolute atomic E-state index is 13.5. The summed E-state index contributed by atoms with van der Waals surface area (Å²) in [4.78, 5) is 0. The first kappa shape index (κ1) is 14.0. The van der Waals surface area contributed by atoms with E-state index in [1.807, 2.05) is 30.3 Å². The van der Waals surface area contributed by atoms with Crippen LogP contribution in [0.15, 0.2) is 54.6 Å². The Morgan fingerprint density at radius 3 is 2.37 bits per heavy atom. The van der Waals surface area contributed by atoms with Crippen molar-refractivity contribution >= 4 is 11.6 Å². The number of rotatable bonds is 6. The lowest BCUT2D eigenvalue weighted by Crippen LogP contribution is -2.06. The second kappa shape index (κ2) is 7.27. The fourth-order valence-corrected chi connectivity index (χ4v) is 2.12. The van der Waals surface area contributed by atoms with Gasteiger partial charge in [-0.2, -0.15) is 0 Å². The Morgan fingerprint density at radius 1 is 1.00 bits per heavy atom. The minimum Gasteiger partial charge on any atom is -0.369 e. The van der Waals surface area contributed by atoms with Gasteiger partial charge in [-0.3, -0.25) is 0 Å². The van der Waals surface area contributed by atoms with Crippen LogP contribution >= 0.6 is 11.6 Å². The van der Waals surface area contributed by atoms with E-state index in [1.165, 1.54) is 6.07 Å². The molecule has 0 saturated heterocycles. The molecule has 100 valence electrons. The Labute approximate surface area is 118 Å². The van der Waals surface area contributed by atoms with Crippen molar-refractivity contribution in [1.29, 1.82) is 0 Å². The Bertz CT molecular complexity index is 501. The molecule has 0 saturated carbocycles. The van der Waals surface area contributed by atoms with Gasteiger partial charge in [-0.25, -0.2) is 4.39 Å². The zero-order valence-corrected chi connectivity index (χ0v) is 11.3. The zero-order chi connectivity index (χ0) is 13.5. The summed E-state index contributed by atoms with van der Waals surface area (Å²) in [6, 6.07) is 16.5. The minimum atomic E-state index is -0.236. The van der Waals surface area contributed by atoms with Crippen LogP contribution in [0.3, 0.4) is 0 Å². The lowest BCUT2D eigenvalue weighted by molar-refractivity contribution is 0.0362. The minimum absolute atomic E-state index is 0.0988. The Morgan fingerprint density at radius 2 is 1.68 bits per heavy atom. The topological polar surface area (TPSA) is 9.23 Å². The monoisotopic (exact) mass is 278 g/mol. The molecule has 0 spiro atoms. The van der Waals surface area contributed by atoms with Gasteiger partial charge in [0.1, 0.15) is 5.82 Å². The third kappa shape index (κ3) is 4.05. The van der Waals surface area contributed by atoms with E-state index in [2.05, 4.69) is 0 Å². The van der Waals surface area contributed by atoms with E-state index in [-0.39, 0.29) is 18.5 Å². The molecule has 1 atom stereocenters. The Kier molecular flexibility index (Phi) is 5.37. The van der Waals surface area contributed by atoms with Crippen LogP contribution in [0, 0.1) is 5.82 Å². The van der Waals surface area contributed by atoms with Gasteiger partial charge >= 0.3 is 0 Å². The molecule has 2 rings (SSSR count). The second-order valence-electron chi connectivity index (χ2n) is 4.28. The van der Waals surface area contributed by atoms with Crippen LogP contribution in [0.2, 0.25) is 0 Å². The van der Waals surface area contributed by atoms with Crippen molar-refractivity contribution in [2.24, 2.45) is 0 Å². The Balaban J connectivity index is 2.04. The molecule has 19 heavy (non-hydrogen) atoms. The van der Waals surface area contributed by atoms with Crippen LogP contribution in [0.4, 0.5) is 4.39 Å². The SMILES string of the molecule is Fc1ccccc1COC(CCCl)c1ccccc1. The van der Waals surface area contributed by atoms with Gasteiger partial charge in [0.05, 0.1) is 12.7 Å². The third-order valence-corrected chi connectivity index (χ3v) is 3.16. The smallest absolute Gasteiger partial charge is 0.128 e. The lowest BCUT2D eigenvalue weighted by Gasteiger charge is -2.17. The van der Waals surface area contributed by atoms with Gasteiger partial charge in [0.15, 0.2) is 0 Å². The summed E-state index contributed by atoms with van der Waals surface area (Å²) in [7, 11) is 0. The van der Waals surface area contributed by atoms with E-state index in [4.69, 9.17) is 16.3 Å². The highest BCUT2D eigenvalue weighted by molar-refractivity contribution is 6.17. The van der Waals surface area contributed by atoms with Gasteiger partial charge in [-0.1, -0.05) is 48.5 Å². The molecule has 0 heterocycles. The van der Waals surface area contributed by atoms with Crippen molar-refractivity contribution in [3.05, 3.63) is 71.5 Å². The van der Waals surface area contributed by atoms with Crippen molar-refractivity contribution in [3.63, 3.8) is 0 Å². The van der Waals surface area contributed by atoms with E-state index in [9.17, 15) is 4.39 Å². The summed E-state index contributed by atoms with van der Waals surface area (Å²) in [6.45, 7) is 0.253. The zero-order valence-electron chi connectivity index (χ0n) is 10.6. The van der Waals surface area contributed by atoms with Crippen molar-refractivity contribution in [3.8, 4) is 0 Å². The molecule has 0 fully saturated rings. The van der Waals surface area contributed by atoms with Crippen LogP contribution in [-0.4, -0.2) is 5.88 Å². The van der Waals surface area contributed by atoms with Crippen molar-refractivity contribution < 1.29 is 9.13 Å². The standard InChI is InChI=1S/C16H16ClFO/c17-11-10-16(13-6-2-1-3-7-13)19-12-14-8-4-5-9-15(14)18/h1-9,16H,10-12H2. The summed E-state index contributed by atoms with van der Waals surface area (Å²) in [5.41, 5.74) is 1.64. The van der Waals surface area contributed by atoms with Gasteiger partial charge in [-0.05, 0) is 18.1 Å². The average molecular weight is 279 g/mol. The summed E-state index contributed by atoms with van der Waals surface area (Å²) < 4.78 is 19.3. The fourth-order valence-electron chi connectivity index (χ4n) is 1.92. The van der Waals surface area contributed by atoms with Crippen molar-refractivity contribution in [2.75, 3.05) is 5.88 Å². The van der Waals surface area contributed by atoms with Crippen molar-refractivity contribution in [2.45, 2.75) is 19.1 Å². The number of hydrogen-bond acceptors (Lipinski definition) is 1. The number of hydrogen-bond donors (Lipinski definition) is 0. The van der Waals surface area contributed by atoms with Crippen molar-refractivity contribution in [1.82, 2.24) is 0 Å². The number of ether oxygens (including phenoxy) is 1. The van der Waals surface area contributed by atoms with Gasteiger partial charge in [0.2, 0.25) is 0 Å². The van der Waals surface area contributed by atoms with Crippen LogP contribution in [0.1, 0.15) is 23.7 Å². The summed E-state index contributed by atoms with van der Waals surface area (Å²) in [6.07, 6.45) is 0.610. The molecule has 2 aromatic carbocycles. The van der Waals surface area contributed by atoms with E-state index < -0.39 is 0 Å². The van der Waals surface area contributed by atoms with Gasteiger partial charge in [0, 0.05) is 11.4 Å². The van der Waals surface area contributed by atoms with Crippen LogP contribution in [-0.2, 0) is 11.3 Å². The molecule has 1 nitrogen and oxygen atoms in total. The third-order valence-electron chi connectivity index (χ3n) is 2.94. The highest BCUT2D eigenvalue weighted by atomic mass is 35.5. The van der Waals surface area contributed by atoms with E-state index in [0.29, 0.717) is 17.9 Å². The second-order valence-corrected chi connectivity index (χ2v) is 4.66. The molecule has 0 aromatic heterocycles. The van der Waals surface area contributed by atoms with Crippen LogP contribution in [0.25, 0.3) is 0 Å². The molecule has 3 heteroatoms. The molecule has 0 aliphatic rings. The molecule has 1 unspecified atom stereocenters. The molecule has 2 aromatic rings. The van der Waals surface area contributed by atoms with E-state index in [0.717, 1.165) is 5.56 Å². The van der Waals surface area contributed by atoms with E-state index >= 15 is 0 Å². The molecule has 0 aliphatic heterocycles. The molecule has 0 radical (unpaired) electrons. The molecule has 0 aliphatic carbocycles. The molecule has 0 amide bonds. The number of halogens is 2.